The number of benzene rings is 2. The molecule has 0 saturated heterocycles. The minimum absolute atomic E-state index is 0.139. The fourth-order valence-corrected chi connectivity index (χ4v) is 2.81. The summed E-state index contributed by atoms with van der Waals surface area (Å²) >= 11 is 0. The second kappa shape index (κ2) is 13.0. The van der Waals surface area contributed by atoms with Crippen LogP contribution >= 0.6 is 0 Å². The summed E-state index contributed by atoms with van der Waals surface area (Å²) in [6.07, 6.45) is 0. The van der Waals surface area contributed by atoms with Crippen LogP contribution in [0.5, 0.6) is 17.2 Å². The molecule has 0 spiro atoms. The second-order valence-corrected chi connectivity index (χ2v) is 6.79. The standard InChI is InChI=1S/C19H16N2O5.C4H11NO2/c1-11-15-9-13(26-12-5-3-2-4-6-12)7-8-14(15)18(24)17(21-11)19(25)20-10-16(22)23;6-3-1-5-2-4-7/h2-9,24H,10H2,1H3,(H,20,25)(H,22,23);5-7H,1-4H2. The minimum Gasteiger partial charge on any atom is -0.505 e. The molecule has 0 aliphatic heterocycles. The van der Waals surface area contributed by atoms with E-state index in [1.807, 2.05) is 30.3 Å². The zero-order valence-electron chi connectivity index (χ0n) is 18.1. The molecular weight excluding hydrogens is 430 g/mol. The van der Waals surface area contributed by atoms with Crippen molar-refractivity contribution in [1.82, 2.24) is 15.6 Å². The molecule has 176 valence electrons. The van der Waals surface area contributed by atoms with Gasteiger partial charge in [0.25, 0.3) is 5.91 Å². The van der Waals surface area contributed by atoms with Gasteiger partial charge in [0, 0.05) is 29.6 Å². The largest absolute Gasteiger partial charge is 0.505 e. The summed E-state index contributed by atoms with van der Waals surface area (Å²) < 4.78 is 5.77. The van der Waals surface area contributed by atoms with Gasteiger partial charge < -0.3 is 35.8 Å². The van der Waals surface area contributed by atoms with Crippen molar-refractivity contribution in [3.63, 3.8) is 0 Å². The maximum Gasteiger partial charge on any atom is 0.322 e. The fourth-order valence-electron chi connectivity index (χ4n) is 2.81. The summed E-state index contributed by atoms with van der Waals surface area (Å²) in [7, 11) is 0. The lowest BCUT2D eigenvalue weighted by molar-refractivity contribution is -0.135. The Morgan fingerprint density at radius 1 is 0.970 bits per heavy atom. The zero-order chi connectivity index (χ0) is 24.2. The van der Waals surface area contributed by atoms with Crippen molar-refractivity contribution >= 4 is 22.6 Å². The number of aromatic nitrogens is 1. The number of carbonyl (C=O) groups is 2. The third-order valence-corrected chi connectivity index (χ3v) is 4.31. The van der Waals surface area contributed by atoms with Crippen LogP contribution in [-0.4, -0.2) is 70.1 Å². The number of ether oxygens (including phenoxy) is 1. The van der Waals surface area contributed by atoms with Gasteiger partial charge in [0.1, 0.15) is 18.0 Å². The maximum absolute atomic E-state index is 12.1. The van der Waals surface area contributed by atoms with Gasteiger partial charge in [0.15, 0.2) is 11.4 Å². The van der Waals surface area contributed by atoms with Crippen LogP contribution in [0, 0.1) is 6.92 Å². The monoisotopic (exact) mass is 457 g/mol. The predicted octanol–water partition coefficient (Wildman–Crippen LogP) is 1.42. The average Bonchev–Trinajstić information content (AvgIpc) is 2.81. The first-order chi connectivity index (χ1) is 15.9. The number of aliphatic hydroxyl groups excluding tert-OH is 2. The number of hydrogen-bond acceptors (Lipinski definition) is 8. The van der Waals surface area contributed by atoms with Crippen molar-refractivity contribution in [2.24, 2.45) is 0 Å². The maximum atomic E-state index is 12.1. The number of fused-ring (bicyclic) bond motifs is 1. The molecule has 0 bridgehead atoms. The average molecular weight is 457 g/mol. The Kier molecular flexibility index (Phi) is 10.0. The molecule has 1 aromatic heterocycles. The number of nitrogens with zero attached hydrogens (tertiary/aromatic N) is 1. The van der Waals surface area contributed by atoms with E-state index >= 15 is 0 Å². The number of rotatable bonds is 9. The summed E-state index contributed by atoms with van der Waals surface area (Å²) in [4.78, 5) is 26.7. The molecular formula is C23H27N3O7. The van der Waals surface area contributed by atoms with Gasteiger partial charge in [-0.05, 0) is 37.3 Å². The summed E-state index contributed by atoms with van der Waals surface area (Å²) in [5, 5.41) is 41.4. The molecule has 0 aliphatic rings. The molecule has 2 aromatic carbocycles. The van der Waals surface area contributed by atoms with Gasteiger partial charge in [-0.15, -0.1) is 0 Å². The molecule has 0 saturated carbocycles. The number of pyridine rings is 1. The molecule has 0 aliphatic carbocycles. The normalized spacial score (nSPS) is 10.3. The van der Waals surface area contributed by atoms with E-state index in [2.05, 4.69) is 15.6 Å². The smallest absolute Gasteiger partial charge is 0.322 e. The first-order valence-electron chi connectivity index (χ1n) is 10.2. The molecule has 1 amide bonds. The highest BCUT2D eigenvalue weighted by Crippen LogP contribution is 2.33. The number of para-hydroxylation sites is 1. The number of aliphatic hydroxyl groups is 2. The van der Waals surface area contributed by atoms with Gasteiger partial charge in [0.2, 0.25) is 0 Å². The molecule has 0 atom stereocenters. The number of carboxylic acids is 1. The predicted molar refractivity (Wildman–Crippen MR) is 122 cm³/mol. The summed E-state index contributed by atoms with van der Waals surface area (Å²) in [5.41, 5.74) is 0.296. The highest BCUT2D eigenvalue weighted by atomic mass is 16.5. The Hall–Kier alpha value is -3.73. The number of amides is 1. The Morgan fingerprint density at radius 3 is 2.24 bits per heavy atom. The number of carboxylic acid groups (broad SMARTS) is 1. The Morgan fingerprint density at radius 2 is 1.64 bits per heavy atom. The highest BCUT2D eigenvalue weighted by Gasteiger charge is 2.18. The van der Waals surface area contributed by atoms with Crippen LogP contribution in [0.1, 0.15) is 16.2 Å². The Labute approximate surface area is 190 Å². The van der Waals surface area contributed by atoms with Crippen molar-refractivity contribution < 1.29 is 34.8 Å². The number of hydrogen-bond donors (Lipinski definition) is 6. The van der Waals surface area contributed by atoms with Gasteiger partial charge in [-0.25, -0.2) is 4.98 Å². The SMILES string of the molecule is Cc1nc(C(=O)NCC(=O)O)c(O)c2ccc(Oc3ccccc3)cc12.OCCNCCO. The number of aryl methyl sites for hydroxylation is 1. The first-order valence-corrected chi connectivity index (χ1v) is 10.2. The summed E-state index contributed by atoms with van der Waals surface area (Å²) in [6, 6.07) is 14.3. The van der Waals surface area contributed by atoms with E-state index in [-0.39, 0.29) is 24.7 Å². The third kappa shape index (κ3) is 7.72. The Bertz CT molecular complexity index is 1070. The van der Waals surface area contributed by atoms with Crippen LogP contribution in [-0.2, 0) is 4.79 Å². The minimum atomic E-state index is -1.18. The molecule has 10 nitrogen and oxygen atoms in total. The van der Waals surface area contributed by atoms with Crippen molar-refractivity contribution in [2.45, 2.75) is 6.92 Å². The van der Waals surface area contributed by atoms with Crippen molar-refractivity contribution in [2.75, 3.05) is 32.8 Å². The van der Waals surface area contributed by atoms with E-state index in [9.17, 15) is 14.7 Å². The van der Waals surface area contributed by atoms with Gasteiger partial charge >= 0.3 is 5.97 Å². The van der Waals surface area contributed by atoms with Crippen LogP contribution in [0.4, 0.5) is 0 Å². The van der Waals surface area contributed by atoms with E-state index in [1.165, 1.54) is 0 Å². The molecule has 0 radical (unpaired) electrons. The van der Waals surface area contributed by atoms with Crippen molar-refractivity contribution in [1.29, 1.82) is 0 Å². The van der Waals surface area contributed by atoms with Crippen LogP contribution in [0.2, 0.25) is 0 Å². The number of aromatic hydroxyl groups is 1. The van der Waals surface area contributed by atoms with Gasteiger partial charge in [-0.2, -0.15) is 0 Å². The van der Waals surface area contributed by atoms with Crippen LogP contribution in [0.25, 0.3) is 10.8 Å². The molecule has 33 heavy (non-hydrogen) atoms. The molecule has 0 unspecified atom stereocenters. The molecule has 3 aromatic rings. The van der Waals surface area contributed by atoms with Crippen LogP contribution in [0.3, 0.4) is 0 Å². The quantitative estimate of drug-likeness (QED) is 0.261. The zero-order valence-corrected chi connectivity index (χ0v) is 18.1. The van der Waals surface area contributed by atoms with E-state index in [0.29, 0.717) is 41.1 Å². The lowest BCUT2D eigenvalue weighted by Gasteiger charge is -2.12. The van der Waals surface area contributed by atoms with Crippen molar-refractivity contribution in [3.05, 3.63) is 59.9 Å². The molecule has 10 heteroatoms. The summed E-state index contributed by atoms with van der Waals surface area (Å²) in [5.74, 6) is -1.00. The topological polar surface area (TPSA) is 161 Å². The fraction of sp³-hybridized carbons (Fsp3) is 0.261. The summed E-state index contributed by atoms with van der Waals surface area (Å²) in [6.45, 7) is 2.56. The van der Waals surface area contributed by atoms with Gasteiger partial charge in [-0.1, -0.05) is 18.2 Å². The second-order valence-electron chi connectivity index (χ2n) is 6.79. The third-order valence-electron chi connectivity index (χ3n) is 4.31. The van der Waals surface area contributed by atoms with Crippen molar-refractivity contribution in [3.8, 4) is 17.2 Å². The molecule has 0 fully saturated rings. The van der Waals surface area contributed by atoms with E-state index in [4.69, 9.17) is 20.1 Å². The molecule has 3 rings (SSSR count). The lowest BCUT2D eigenvalue weighted by Crippen LogP contribution is -2.30. The Balaban J connectivity index is 0.000000479. The van der Waals surface area contributed by atoms with E-state index < -0.39 is 18.4 Å². The molecule has 1 heterocycles. The number of nitrogens with one attached hydrogen (secondary N) is 2. The molecule has 6 N–H and O–H groups in total. The first kappa shape index (κ1) is 25.5. The lowest BCUT2D eigenvalue weighted by atomic mass is 10.1. The van der Waals surface area contributed by atoms with E-state index in [0.717, 1.165) is 0 Å². The number of aliphatic carboxylic acids is 1. The number of carbonyl (C=O) groups excluding carboxylic acids is 1. The van der Waals surface area contributed by atoms with Crippen LogP contribution in [0.15, 0.2) is 48.5 Å². The van der Waals surface area contributed by atoms with Gasteiger partial charge in [0.05, 0.1) is 13.2 Å². The van der Waals surface area contributed by atoms with Crippen LogP contribution < -0.4 is 15.4 Å². The van der Waals surface area contributed by atoms with Gasteiger partial charge in [-0.3, -0.25) is 9.59 Å². The highest BCUT2D eigenvalue weighted by molar-refractivity contribution is 6.03. The van der Waals surface area contributed by atoms with E-state index in [1.54, 1.807) is 25.1 Å².